The summed E-state index contributed by atoms with van der Waals surface area (Å²) in [4.78, 5) is 33.4. The lowest BCUT2D eigenvalue weighted by atomic mass is 10.1. The smallest absolute Gasteiger partial charge is 0.361 e. The van der Waals surface area contributed by atoms with E-state index in [0.717, 1.165) is 0 Å². The van der Waals surface area contributed by atoms with Crippen LogP contribution >= 0.6 is 0 Å². The Morgan fingerprint density at radius 3 is 2.74 bits per heavy atom. The van der Waals surface area contributed by atoms with Crippen molar-refractivity contribution >= 4 is 23.3 Å². The van der Waals surface area contributed by atoms with Crippen LogP contribution in [-0.2, 0) is 9.53 Å². The Kier molecular flexibility index (Phi) is 4.64. The molecule has 0 spiro atoms. The monoisotopic (exact) mass is 319 g/mol. The highest BCUT2D eigenvalue weighted by molar-refractivity contribution is 5.95. The third-order valence-corrected chi connectivity index (χ3v) is 2.80. The van der Waals surface area contributed by atoms with Crippen molar-refractivity contribution in [3.05, 3.63) is 34.0 Å². The minimum atomic E-state index is -0.690. The maximum atomic E-state index is 11.8. The van der Waals surface area contributed by atoms with Crippen molar-refractivity contribution < 1.29 is 19.2 Å². The first-order valence-corrected chi connectivity index (χ1v) is 6.58. The number of hydrogen-bond donors (Lipinski definition) is 2. The number of hydrogen-bond acceptors (Lipinski definition) is 7. The van der Waals surface area contributed by atoms with Gasteiger partial charge in [-0.3, -0.25) is 14.9 Å². The van der Waals surface area contributed by atoms with Crippen molar-refractivity contribution in [2.45, 2.75) is 13.8 Å². The number of H-pyrrole nitrogens is 1. The Hall–Kier alpha value is -3.30. The maximum absolute atomic E-state index is 11.8. The number of rotatable bonds is 5. The molecule has 0 saturated heterocycles. The number of nitro groups is 1. The van der Waals surface area contributed by atoms with E-state index in [4.69, 9.17) is 4.74 Å². The minimum Gasteiger partial charge on any atom is -0.461 e. The number of nitrogens with zero attached hydrogens (tertiary/aromatic N) is 3. The summed E-state index contributed by atoms with van der Waals surface area (Å²) in [5, 5.41) is 23.4. The first-order valence-electron chi connectivity index (χ1n) is 6.58. The summed E-state index contributed by atoms with van der Waals surface area (Å²) in [6.07, 6.45) is 0. The van der Waals surface area contributed by atoms with E-state index in [9.17, 15) is 19.7 Å². The lowest BCUT2D eigenvalue weighted by Gasteiger charge is -2.06. The number of nitro benzene ring substituents is 1. The van der Waals surface area contributed by atoms with Crippen molar-refractivity contribution in [3.8, 4) is 11.3 Å². The Balaban J connectivity index is 2.48. The minimum absolute atomic E-state index is 0.0485. The fraction of sp³-hybridized carbons (Fsp3) is 0.231. The number of esters is 1. The molecule has 0 atom stereocenters. The van der Waals surface area contributed by atoms with Gasteiger partial charge in [-0.05, 0) is 13.0 Å². The number of carbonyl (C=O) groups is 2. The quantitative estimate of drug-likeness (QED) is 0.483. The number of amides is 1. The highest BCUT2D eigenvalue weighted by atomic mass is 16.6. The van der Waals surface area contributed by atoms with E-state index in [1.54, 1.807) is 6.92 Å². The van der Waals surface area contributed by atoms with E-state index in [1.807, 2.05) is 0 Å². The highest BCUT2D eigenvalue weighted by Crippen LogP contribution is 2.31. The van der Waals surface area contributed by atoms with Gasteiger partial charge >= 0.3 is 5.97 Å². The molecule has 2 N–H and O–H groups in total. The van der Waals surface area contributed by atoms with Gasteiger partial charge in [-0.25, -0.2) is 4.79 Å². The van der Waals surface area contributed by atoms with Crippen LogP contribution in [0.15, 0.2) is 18.2 Å². The Labute approximate surface area is 130 Å². The van der Waals surface area contributed by atoms with Crippen LogP contribution in [0, 0.1) is 10.1 Å². The van der Waals surface area contributed by atoms with Crippen LogP contribution in [-0.4, -0.2) is 38.8 Å². The summed E-state index contributed by atoms with van der Waals surface area (Å²) in [5.74, 6) is -1.13. The molecule has 0 fully saturated rings. The second kappa shape index (κ2) is 6.64. The largest absolute Gasteiger partial charge is 0.461 e. The van der Waals surface area contributed by atoms with Crippen molar-refractivity contribution in [1.82, 2.24) is 15.4 Å². The van der Waals surface area contributed by atoms with E-state index in [2.05, 4.69) is 20.7 Å². The standard InChI is InChI=1S/C13H13N5O5/c1-3-23-13(20)12-11(15-17-16-12)8-4-5-9(14-7(2)19)10(6-8)18(21)22/h4-6H,3H2,1-2H3,(H,14,19)(H,15,16,17). The molecule has 10 heteroatoms. The first-order chi connectivity index (χ1) is 10.9. The second-order valence-corrected chi connectivity index (χ2v) is 4.41. The molecule has 2 aromatic rings. The molecule has 2 rings (SSSR count). The molecule has 0 saturated carbocycles. The maximum Gasteiger partial charge on any atom is 0.361 e. The van der Waals surface area contributed by atoms with Crippen LogP contribution in [0.2, 0.25) is 0 Å². The molecule has 1 aromatic heterocycles. The molecule has 0 aliphatic heterocycles. The number of benzene rings is 1. The van der Waals surface area contributed by atoms with Gasteiger partial charge in [-0.1, -0.05) is 6.07 Å². The molecular formula is C13H13N5O5. The van der Waals surface area contributed by atoms with E-state index in [-0.39, 0.29) is 29.4 Å². The van der Waals surface area contributed by atoms with E-state index in [0.29, 0.717) is 5.56 Å². The summed E-state index contributed by atoms with van der Waals surface area (Å²) in [5.41, 5.74) is 0.0693. The first kappa shape index (κ1) is 16.1. The van der Waals surface area contributed by atoms with Gasteiger partial charge in [0.1, 0.15) is 11.4 Å². The van der Waals surface area contributed by atoms with Crippen molar-refractivity contribution in [1.29, 1.82) is 0 Å². The van der Waals surface area contributed by atoms with Crippen LogP contribution < -0.4 is 5.32 Å². The SMILES string of the molecule is CCOC(=O)c1n[nH]nc1-c1ccc(NC(C)=O)c([N+](=O)[O-])c1. The number of anilines is 1. The third kappa shape index (κ3) is 3.48. The predicted octanol–water partition coefficient (Wildman–Crippen LogP) is 1.51. The predicted molar refractivity (Wildman–Crippen MR) is 78.7 cm³/mol. The average Bonchev–Trinajstić information content (AvgIpc) is 2.96. The van der Waals surface area contributed by atoms with Gasteiger partial charge in [0, 0.05) is 18.6 Å². The van der Waals surface area contributed by atoms with Gasteiger partial charge in [-0.2, -0.15) is 10.3 Å². The van der Waals surface area contributed by atoms with Crippen LogP contribution in [0.25, 0.3) is 11.3 Å². The third-order valence-electron chi connectivity index (χ3n) is 2.80. The summed E-state index contributed by atoms with van der Waals surface area (Å²) in [6, 6.07) is 4.04. The molecule has 1 aromatic carbocycles. The van der Waals surface area contributed by atoms with E-state index >= 15 is 0 Å². The van der Waals surface area contributed by atoms with Gasteiger partial charge in [-0.15, -0.1) is 5.10 Å². The van der Waals surface area contributed by atoms with Crippen molar-refractivity contribution in [2.24, 2.45) is 0 Å². The zero-order chi connectivity index (χ0) is 17.0. The summed E-state index contributed by atoms with van der Waals surface area (Å²) < 4.78 is 4.85. The molecule has 23 heavy (non-hydrogen) atoms. The Morgan fingerprint density at radius 1 is 1.39 bits per heavy atom. The van der Waals surface area contributed by atoms with Gasteiger partial charge in [0.05, 0.1) is 11.5 Å². The molecular weight excluding hydrogens is 306 g/mol. The molecule has 120 valence electrons. The number of nitrogens with one attached hydrogen (secondary N) is 2. The molecule has 10 nitrogen and oxygen atoms in total. The molecule has 1 heterocycles. The lowest BCUT2D eigenvalue weighted by molar-refractivity contribution is -0.383. The average molecular weight is 319 g/mol. The zero-order valence-electron chi connectivity index (χ0n) is 12.3. The molecule has 0 bridgehead atoms. The molecule has 0 aliphatic rings. The van der Waals surface area contributed by atoms with Crippen LogP contribution in [0.5, 0.6) is 0 Å². The summed E-state index contributed by atoms with van der Waals surface area (Å²) in [6.45, 7) is 3.05. The summed E-state index contributed by atoms with van der Waals surface area (Å²) >= 11 is 0. The van der Waals surface area contributed by atoms with E-state index < -0.39 is 16.8 Å². The van der Waals surface area contributed by atoms with Crippen LogP contribution in [0.4, 0.5) is 11.4 Å². The topological polar surface area (TPSA) is 140 Å². The Morgan fingerprint density at radius 2 is 2.13 bits per heavy atom. The van der Waals surface area contributed by atoms with Crippen LogP contribution in [0.1, 0.15) is 24.3 Å². The fourth-order valence-corrected chi connectivity index (χ4v) is 1.90. The second-order valence-electron chi connectivity index (χ2n) is 4.41. The molecule has 0 radical (unpaired) electrons. The van der Waals surface area contributed by atoms with E-state index in [1.165, 1.54) is 25.1 Å². The highest BCUT2D eigenvalue weighted by Gasteiger charge is 2.22. The summed E-state index contributed by atoms with van der Waals surface area (Å²) in [7, 11) is 0. The zero-order valence-corrected chi connectivity index (χ0v) is 12.3. The van der Waals surface area contributed by atoms with Crippen molar-refractivity contribution in [2.75, 3.05) is 11.9 Å². The number of aromatic nitrogens is 3. The van der Waals surface area contributed by atoms with Crippen LogP contribution in [0.3, 0.4) is 0 Å². The van der Waals surface area contributed by atoms with Crippen molar-refractivity contribution in [3.63, 3.8) is 0 Å². The van der Waals surface area contributed by atoms with Gasteiger partial charge < -0.3 is 10.1 Å². The normalized spacial score (nSPS) is 10.2. The van der Waals surface area contributed by atoms with Gasteiger partial charge in [0.15, 0.2) is 5.69 Å². The molecule has 0 aliphatic carbocycles. The number of aromatic amines is 1. The number of carbonyl (C=O) groups excluding carboxylic acids is 2. The fourth-order valence-electron chi connectivity index (χ4n) is 1.90. The van der Waals surface area contributed by atoms with Gasteiger partial charge in [0.25, 0.3) is 5.69 Å². The number of ether oxygens (including phenoxy) is 1. The lowest BCUT2D eigenvalue weighted by Crippen LogP contribution is -2.09. The molecule has 0 unspecified atom stereocenters. The molecule has 1 amide bonds. The van der Waals surface area contributed by atoms with Gasteiger partial charge in [0.2, 0.25) is 5.91 Å². The Bertz CT molecular complexity index is 770.